The summed E-state index contributed by atoms with van der Waals surface area (Å²) in [6.45, 7) is 4.83. The van der Waals surface area contributed by atoms with E-state index < -0.39 is 16.9 Å². The van der Waals surface area contributed by atoms with E-state index in [2.05, 4.69) is 0 Å². The molecule has 1 atom stereocenters. The van der Waals surface area contributed by atoms with Crippen LogP contribution in [0.15, 0.2) is 18.2 Å². The number of hydrogen-bond acceptors (Lipinski definition) is 2. The van der Waals surface area contributed by atoms with Gasteiger partial charge in [0.05, 0.1) is 7.11 Å². The van der Waals surface area contributed by atoms with Gasteiger partial charge in [-0.2, -0.15) is 0 Å². The Labute approximate surface area is 101 Å². The maximum Gasteiger partial charge on any atom is 0.155 e. The number of methoxy groups -OCH3 is 1. The van der Waals surface area contributed by atoms with E-state index in [4.69, 9.17) is 10.5 Å². The average Bonchev–Trinajstić information content (AvgIpc) is 2.26. The normalized spacial score (nSPS) is 15.5. The first-order chi connectivity index (χ1) is 7.76. The average molecular weight is 243 g/mol. The lowest BCUT2D eigenvalue weighted by Gasteiger charge is -2.37. The van der Waals surface area contributed by atoms with Crippen molar-refractivity contribution in [3.8, 4) is 5.75 Å². The first-order valence-corrected chi connectivity index (χ1v) is 5.49. The van der Waals surface area contributed by atoms with Crippen molar-refractivity contribution in [2.45, 2.75) is 26.4 Å². The zero-order valence-corrected chi connectivity index (χ0v) is 10.7. The molecule has 0 radical (unpaired) electrons. The topological polar surface area (TPSA) is 35.2 Å². The maximum absolute atomic E-state index is 14.9. The molecule has 1 aromatic rings. The molecule has 17 heavy (non-hydrogen) atoms. The van der Waals surface area contributed by atoms with Gasteiger partial charge in [-0.15, -0.1) is 0 Å². The number of halogens is 2. The summed E-state index contributed by atoms with van der Waals surface area (Å²) in [5.74, 6) is -0.272. The summed E-state index contributed by atoms with van der Waals surface area (Å²) in [7, 11) is 1.43. The molecule has 96 valence electrons. The lowest BCUT2D eigenvalue weighted by Crippen LogP contribution is -2.43. The maximum atomic E-state index is 14.9. The van der Waals surface area contributed by atoms with E-state index in [0.29, 0.717) is 5.75 Å². The smallest absolute Gasteiger partial charge is 0.155 e. The number of rotatable bonds is 3. The summed E-state index contributed by atoms with van der Waals surface area (Å²) in [4.78, 5) is 0. The van der Waals surface area contributed by atoms with Gasteiger partial charge < -0.3 is 10.5 Å². The van der Waals surface area contributed by atoms with E-state index in [1.165, 1.54) is 25.3 Å². The zero-order valence-electron chi connectivity index (χ0n) is 10.7. The molecule has 0 saturated carbocycles. The Bertz CT molecular complexity index is 401. The number of alkyl halides is 1. The molecule has 0 aliphatic rings. The lowest BCUT2D eigenvalue weighted by atomic mass is 9.73. The van der Waals surface area contributed by atoms with Gasteiger partial charge in [0, 0.05) is 23.6 Å². The van der Waals surface area contributed by atoms with Gasteiger partial charge in [-0.1, -0.05) is 20.8 Å². The van der Waals surface area contributed by atoms with Gasteiger partial charge in [0.2, 0.25) is 0 Å². The fraction of sp³-hybridized carbons (Fsp3) is 0.538. The van der Waals surface area contributed by atoms with E-state index >= 15 is 0 Å². The molecular formula is C13H19F2NO. The monoisotopic (exact) mass is 243 g/mol. The summed E-state index contributed by atoms with van der Waals surface area (Å²) in [5.41, 5.74) is 2.79. The van der Waals surface area contributed by atoms with Crippen LogP contribution in [-0.4, -0.2) is 13.7 Å². The van der Waals surface area contributed by atoms with Crippen LogP contribution in [0.3, 0.4) is 0 Å². The predicted molar refractivity (Wildman–Crippen MR) is 64.2 cm³/mol. The molecule has 4 heteroatoms. The highest BCUT2D eigenvalue weighted by Gasteiger charge is 2.44. The van der Waals surface area contributed by atoms with Crippen molar-refractivity contribution >= 4 is 0 Å². The number of nitrogens with two attached hydrogens (primary N) is 1. The third-order valence-corrected chi connectivity index (χ3v) is 3.07. The largest absolute Gasteiger partial charge is 0.497 e. The Kier molecular flexibility index (Phi) is 3.77. The quantitative estimate of drug-likeness (QED) is 0.885. The van der Waals surface area contributed by atoms with Crippen LogP contribution in [0.2, 0.25) is 0 Å². The Morgan fingerprint density at radius 1 is 1.29 bits per heavy atom. The SMILES string of the molecule is COc1ccc(C(F)(CN)C(C)(C)C)c(F)c1. The second-order valence-electron chi connectivity index (χ2n) is 5.10. The molecule has 0 aliphatic carbocycles. The fourth-order valence-corrected chi connectivity index (χ4v) is 1.76. The van der Waals surface area contributed by atoms with Crippen LogP contribution in [0.25, 0.3) is 0 Å². The van der Waals surface area contributed by atoms with E-state index in [-0.39, 0.29) is 12.1 Å². The standard InChI is InChI=1S/C13H19F2NO/c1-12(2,3)13(15,8-16)10-6-5-9(17-4)7-11(10)14/h5-7H,8,16H2,1-4H3. The summed E-state index contributed by atoms with van der Waals surface area (Å²) < 4.78 is 33.6. The summed E-state index contributed by atoms with van der Waals surface area (Å²) >= 11 is 0. The van der Waals surface area contributed by atoms with Gasteiger partial charge in [-0.3, -0.25) is 0 Å². The van der Waals surface area contributed by atoms with Gasteiger partial charge in [0.15, 0.2) is 5.67 Å². The van der Waals surface area contributed by atoms with Gasteiger partial charge in [0.25, 0.3) is 0 Å². The molecule has 0 saturated heterocycles. The number of hydrogen-bond donors (Lipinski definition) is 1. The molecule has 1 aromatic carbocycles. The Hall–Kier alpha value is -1.16. The van der Waals surface area contributed by atoms with E-state index in [1.54, 1.807) is 20.8 Å². The van der Waals surface area contributed by atoms with Crippen molar-refractivity contribution in [3.05, 3.63) is 29.6 Å². The van der Waals surface area contributed by atoms with Crippen LogP contribution >= 0.6 is 0 Å². The Morgan fingerprint density at radius 2 is 1.88 bits per heavy atom. The van der Waals surface area contributed by atoms with Crippen molar-refractivity contribution in [1.82, 2.24) is 0 Å². The molecule has 2 nitrogen and oxygen atoms in total. The van der Waals surface area contributed by atoms with Crippen molar-refractivity contribution in [1.29, 1.82) is 0 Å². The lowest BCUT2D eigenvalue weighted by molar-refractivity contribution is 0.0307. The molecule has 1 unspecified atom stereocenters. The van der Waals surface area contributed by atoms with E-state index in [1.807, 2.05) is 0 Å². The summed E-state index contributed by atoms with van der Waals surface area (Å²) in [6.07, 6.45) is 0. The van der Waals surface area contributed by atoms with Crippen molar-refractivity contribution in [2.75, 3.05) is 13.7 Å². The summed E-state index contributed by atoms with van der Waals surface area (Å²) in [5, 5.41) is 0. The van der Waals surface area contributed by atoms with Crippen LogP contribution in [0, 0.1) is 11.2 Å². The van der Waals surface area contributed by atoms with Crippen LogP contribution in [0.5, 0.6) is 5.75 Å². The first-order valence-electron chi connectivity index (χ1n) is 5.49. The third-order valence-electron chi connectivity index (χ3n) is 3.07. The molecule has 0 amide bonds. The molecule has 1 rings (SSSR count). The van der Waals surface area contributed by atoms with Crippen LogP contribution < -0.4 is 10.5 Å². The van der Waals surface area contributed by atoms with Crippen LogP contribution in [0.4, 0.5) is 8.78 Å². The Morgan fingerprint density at radius 3 is 2.24 bits per heavy atom. The Balaban J connectivity index is 3.31. The van der Waals surface area contributed by atoms with Crippen LogP contribution in [0.1, 0.15) is 26.3 Å². The molecule has 0 bridgehead atoms. The molecule has 0 fully saturated rings. The predicted octanol–water partition coefficient (Wildman–Crippen LogP) is 3.00. The van der Waals surface area contributed by atoms with Crippen LogP contribution in [-0.2, 0) is 5.67 Å². The highest BCUT2D eigenvalue weighted by atomic mass is 19.1. The van der Waals surface area contributed by atoms with Gasteiger partial charge >= 0.3 is 0 Å². The molecule has 0 spiro atoms. The van der Waals surface area contributed by atoms with E-state index in [9.17, 15) is 8.78 Å². The van der Waals surface area contributed by atoms with Gasteiger partial charge in [-0.05, 0) is 12.1 Å². The molecule has 0 heterocycles. The molecule has 0 aliphatic heterocycles. The zero-order chi connectivity index (χ0) is 13.3. The highest BCUT2D eigenvalue weighted by molar-refractivity contribution is 5.34. The van der Waals surface area contributed by atoms with Gasteiger partial charge in [-0.25, -0.2) is 8.78 Å². The van der Waals surface area contributed by atoms with Crippen molar-refractivity contribution < 1.29 is 13.5 Å². The minimum Gasteiger partial charge on any atom is -0.497 e. The number of ether oxygens (including phenoxy) is 1. The molecular weight excluding hydrogens is 224 g/mol. The van der Waals surface area contributed by atoms with Gasteiger partial charge in [0.1, 0.15) is 11.6 Å². The molecule has 2 N–H and O–H groups in total. The van der Waals surface area contributed by atoms with Crippen molar-refractivity contribution in [2.24, 2.45) is 11.1 Å². The number of benzene rings is 1. The second kappa shape index (κ2) is 4.61. The highest BCUT2D eigenvalue weighted by Crippen LogP contribution is 2.43. The first kappa shape index (κ1) is 13.9. The minimum absolute atomic E-state index is 0.0201. The fourth-order valence-electron chi connectivity index (χ4n) is 1.76. The third kappa shape index (κ3) is 2.41. The summed E-state index contributed by atoms with van der Waals surface area (Å²) in [6, 6.07) is 4.10. The van der Waals surface area contributed by atoms with Crippen molar-refractivity contribution in [3.63, 3.8) is 0 Å². The minimum atomic E-state index is -1.90. The van der Waals surface area contributed by atoms with E-state index in [0.717, 1.165) is 0 Å². The second-order valence-corrected chi connectivity index (χ2v) is 5.10. The molecule has 0 aromatic heterocycles.